The van der Waals surface area contributed by atoms with Gasteiger partial charge in [-0.2, -0.15) is 0 Å². The van der Waals surface area contributed by atoms with Crippen LogP contribution in [0.2, 0.25) is 0 Å². The zero-order chi connectivity index (χ0) is 10.9. The second-order valence-corrected chi connectivity index (χ2v) is 3.52. The molecule has 1 N–H and O–H groups in total. The fourth-order valence-electron chi connectivity index (χ4n) is 1.03. The molecule has 14 heavy (non-hydrogen) atoms. The summed E-state index contributed by atoms with van der Waals surface area (Å²) in [6, 6.07) is -0.694. The molecule has 1 heterocycles. The van der Waals surface area contributed by atoms with E-state index >= 15 is 0 Å². The van der Waals surface area contributed by atoms with Crippen molar-refractivity contribution in [1.29, 1.82) is 0 Å². The average molecular weight is 265 g/mol. The number of likely N-dealkylation sites (N-methyl/N-ethyl adjacent to an activating group) is 1. The molecule has 1 atom stereocenters. The van der Waals surface area contributed by atoms with Crippen LogP contribution in [0, 0.1) is 0 Å². The second kappa shape index (κ2) is 4.05. The lowest BCUT2D eigenvalue weighted by Gasteiger charge is -2.15. The Morgan fingerprint density at radius 2 is 1.93 bits per heavy atom. The number of nitrogens with zero attached hydrogens (tertiary/aromatic N) is 2. The highest BCUT2D eigenvalue weighted by atomic mass is 79.9. The third-order valence-corrected chi connectivity index (χ3v) is 2.57. The van der Waals surface area contributed by atoms with Gasteiger partial charge < -0.3 is 5.11 Å². The van der Waals surface area contributed by atoms with Gasteiger partial charge in [0.15, 0.2) is 0 Å². The summed E-state index contributed by atoms with van der Waals surface area (Å²) in [4.78, 5) is 34.9. The van der Waals surface area contributed by atoms with E-state index < -0.39 is 23.9 Å². The van der Waals surface area contributed by atoms with Crippen LogP contribution < -0.4 is 0 Å². The molecule has 0 aromatic heterocycles. The maximum Gasteiger partial charge on any atom is 0.334 e. The molecule has 78 valence electrons. The van der Waals surface area contributed by atoms with Crippen molar-refractivity contribution >= 4 is 33.8 Å². The highest BCUT2D eigenvalue weighted by molar-refractivity contribution is 9.09. The Balaban J connectivity index is 2.75. The van der Waals surface area contributed by atoms with E-state index in [-0.39, 0.29) is 11.9 Å². The molecule has 1 aliphatic rings. The number of aliphatic hydroxyl groups is 1. The number of β-amino-alcohol motifs (C(OH)–C–C–N with tert-alkyl or cyclic N) is 1. The first-order chi connectivity index (χ1) is 6.49. The van der Waals surface area contributed by atoms with Crippen molar-refractivity contribution < 1.29 is 19.5 Å². The number of amides is 4. The zero-order valence-electron chi connectivity index (χ0n) is 7.44. The van der Waals surface area contributed by atoms with Crippen molar-refractivity contribution in [2.75, 3.05) is 18.9 Å². The fraction of sp³-hybridized carbons (Fsp3) is 0.571. The SMILES string of the molecule is CN1C(=O)C(=O)N(CC(O)CBr)C1=O. The zero-order valence-corrected chi connectivity index (χ0v) is 9.02. The quantitative estimate of drug-likeness (QED) is 0.410. The maximum atomic E-state index is 11.3. The van der Waals surface area contributed by atoms with Crippen LogP contribution in [0.5, 0.6) is 0 Å². The molecular formula is C7H9BrN2O4. The molecule has 0 bridgehead atoms. The van der Waals surface area contributed by atoms with E-state index in [9.17, 15) is 19.5 Å². The molecule has 6 nitrogen and oxygen atoms in total. The molecule has 1 unspecified atom stereocenters. The second-order valence-electron chi connectivity index (χ2n) is 2.87. The monoisotopic (exact) mass is 264 g/mol. The topological polar surface area (TPSA) is 77.9 Å². The van der Waals surface area contributed by atoms with Crippen molar-refractivity contribution in [1.82, 2.24) is 9.80 Å². The lowest BCUT2D eigenvalue weighted by atomic mass is 10.4. The van der Waals surface area contributed by atoms with E-state index in [4.69, 9.17) is 0 Å². The van der Waals surface area contributed by atoms with Crippen LogP contribution in [0.1, 0.15) is 0 Å². The van der Waals surface area contributed by atoms with Gasteiger partial charge in [-0.1, -0.05) is 15.9 Å². The van der Waals surface area contributed by atoms with E-state index in [1.807, 2.05) is 0 Å². The molecule has 4 amide bonds. The number of aliphatic hydroxyl groups excluding tert-OH is 1. The number of hydrogen-bond donors (Lipinski definition) is 1. The third kappa shape index (κ3) is 1.78. The Bertz CT molecular complexity index is 293. The lowest BCUT2D eigenvalue weighted by Crippen LogP contribution is -2.38. The number of hydrogen-bond acceptors (Lipinski definition) is 4. The van der Waals surface area contributed by atoms with E-state index in [1.165, 1.54) is 7.05 Å². The molecule has 1 saturated heterocycles. The summed E-state index contributed by atoms with van der Waals surface area (Å²) < 4.78 is 0. The predicted octanol–water partition coefficient (Wildman–Crippen LogP) is -0.837. The Hall–Kier alpha value is -0.950. The Kier molecular flexibility index (Phi) is 3.22. The largest absolute Gasteiger partial charge is 0.390 e. The van der Waals surface area contributed by atoms with Crippen LogP contribution in [0.4, 0.5) is 4.79 Å². The average Bonchev–Trinajstić information content (AvgIpc) is 2.35. The molecule has 0 radical (unpaired) electrons. The Morgan fingerprint density at radius 3 is 2.29 bits per heavy atom. The van der Waals surface area contributed by atoms with Crippen LogP contribution in [0.15, 0.2) is 0 Å². The van der Waals surface area contributed by atoms with Crippen molar-refractivity contribution in [3.63, 3.8) is 0 Å². The molecule has 1 rings (SSSR count). The van der Waals surface area contributed by atoms with Crippen LogP contribution in [0.3, 0.4) is 0 Å². The molecule has 1 fully saturated rings. The van der Waals surface area contributed by atoms with Gasteiger partial charge in [-0.15, -0.1) is 0 Å². The van der Waals surface area contributed by atoms with Crippen molar-refractivity contribution in [2.24, 2.45) is 0 Å². The van der Waals surface area contributed by atoms with E-state index in [0.717, 1.165) is 9.80 Å². The highest BCUT2D eigenvalue weighted by Crippen LogP contribution is 2.10. The van der Waals surface area contributed by atoms with Crippen molar-refractivity contribution in [2.45, 2.75) is 6.10 Å². The summed E-state index contributed by atoms with van der Waals surface area (Å²) in [5.74, 6) is -1.76. The van der Waals surface area contributed by atoms with Gasteiger partial charge in [0.25, 0.3) is 0 Å². The van der Waals surface area contributed by atoms with Crippen LogP contribution in [-0.2, 0) is 9.59 Å². The number of imide groups is 2. The third-order valence-electron chi connectivity index (χ3n) is 1.82. The number of alkyl halides is 1. The fourth-order valence-corrected chi connectivity index (χ4v) is 1.24. The van der Waals surface area contributed by atoms with E-state index in [2.05, 4.69) is 15.9 Å². The van der Waals surface area contributed by atoms with Gasteiger partial charge in [0.2, 0.25) is 0 Å². The number of urea groups is 1. The molecule has 0 aromatic rings. The normalized spacial score (nSPS) is 19.5. The molecule has 0 spiro atoms. The minimum atomic E-state index is -0.891. The Morgan fingerprint density at radius 1 is 1.36 bits per heavy atom. The molecule has 0 aromatic carbocycles. The maximum absolute atomic E-state index is 11.3. The van der Waals surface area contributed by atoms with Gasteiger partial charge in [0, 0.05) is 12.4 Å². The van der Waals surface area contributed by atoms with E-state index in [0.29, 0.717) is 0 Å². The van der Waals surface area contributed by atoms with Crippen LogP contribution >= 0.6 is 15.9 Å². The molecule has 0 saturated carbocycles. The molecule has 1 aliphatic heterocycles. The van der Waals surface area contributed by atoms with Crippen molar-refractivity contribution in [3.8, 4) is 0 Å². The van der Waals surface area contributed by atoms with Gasteiger partial charge in [0.1, 0.15) is 0 Å². The summed E-state index contributed by atoms with van der Waals surface area (Å²) in [6.45, 7) is -0.168. The minimum Gasteiger partial charge on any atom is -0.390 e. The first-order valence-corrected chi connectivity index (χ1v) is 4.98. The van der Waals surface area contributed by atoms with Gasteiger partial charge in [0.05, 0.1) is 12.6 Å². The number of carbonyl (C=O) groups excluding carboxylic acids is 3. The lowest BCUT2D eigenvalue weighted by molar-refractivity contribution is -0.143. The van der Waals surface area contributed by atoms with Crippen molar-refractivity contribution in [3.05, 3.63) is 0 Å². The summed E-state index contributed by atoms with van der Waals surface area (Å²) in [5, 5.41) is 9.44. The summed E-state index contributed by atoms with van der Waals surface area (Å²) in [5.41, 5.74) is 0. The smallest absolute Gasteiger partial charge is 0.334 e. The first kappa shape index (κ1) is 11.1. The number of rotatable bonds is 3. The standard InChI is InChI=1S/C7H9BrN2O4/c1-9-5(12)6(13)10(7(9)14)3-4(11)2-8/h4,11H,2-3H2,1H3. The van der Waals surface area contributed by atoms with Gasteiger partial charge in [-0.05, 0) is 0 Å². The first-order valence-electron chi connectivity index (χ1n) is 3.86. The number of halogens is 1. The summed E-state index contributed by atoms with van der Waals surface area (Å²) >= 11 is 2.99. The predicted molar refractivity (Wildman–Crippen MR) is 49.7 cm³/mol. The molecule has 7 heteroatoms. The Labute approximate surface area is 88.6 Å². The molecular weight excluding hydrogens is 256 g/mol. The number of carbonyl (C=O) groups is 3. The van der Waals surface area contributed by atoms with Gasteiger partial charge in [-0.25, -0.2) is 4.79 Å². The summed E-state index contributed by atoms with van der Waals surface area (Å²) in [7, 11) is 1.23. The molecule has 0 aliphatic carbocycles. The highest BCUT2D eigenvalue weighted by Gasteiger charge is 2.42. The summed E-state index contributed by atoms with van der Waals surface area (Å²) in [6.07, 6.45) is -0.859. The van der Waals surface area contributed by atoms with Gasteiger partial charge >= 0.3 is 17.8 Å². The van der Waals surface area contributed by atoms with E-state index in [1.54, 1.807) is 0 Å². The van der Waals surface area contributed by atoms with Crippen LogP contribution in [-0.4, -0.2) is 57.8 Å². The van der Waals surface area contributed by atoms with Gasteiger partial charge in [-0.3, -0.25) is 19.4 Å². The minimum absolute atomic E-state index is 0.168. The van der Waals surface area contributed by atoms with Crippen LogP contribution in [0.25, 0.3) is 0 Å².